The van der Waals surface area contributed by atoms with Crippen molar-refractivity contribution in [2.75, 3.05) is 26.2 Å². The highest BCUT2D eigenvalue weighted by molar-refractivity contribution is 6.33. The fourth-order valence-electron chi connectivity index (χ4n) is 3.42. The van der Waals surface area contributed by atoms with Gasteiger partial charge in [0.25, 0.3) is 5.91 Å². The Hall–Kier alpha value is -1.69. The first kappa shape index (κ1) is 17.1. The third-order valence-corrected chi connectivity index (χ3v) is 5.14. The SMILES string of the molecule is O=C(c1cc(F)c(F)cc1Cl)N1CCN(C(=O)C2CCCC2)CC1. The van der Waals surface area contributed by atoms with Crippen molar-refractivity contribution in [2.24, 2.45) is 5.92 Å². The molecular formula is C17H19ClF2N2O2. The highest BCUT2D eigenvalue weighted by atomic mass is 35.5. The third-order valence-electron chi connectivity index (χ3n) is 4.82. The maximum atomic E-state index is 13.4. The molecule has 0 atom stereocenters. The van der Waals surface area contributed by atoms with E-state index in [4.69, 9.17) is 11.6 Å². The molecule has 3 rings (SSSR count). The number of halogens is 3. The summed E-state index contributed by atoms with van der Waals surface area (Å²) in [6.45, 7) is 1.66. The van der Waals surface area contributed by atoms with Gasteiger partial charge in [-0.15, -0.1) is 0 Å². The Kier molecular flexibility index (Phi) is 5.04. The first-order chi connectivity index (χ1) is 11.5. The van der Waals surface area contributed by atoms with Gasteiger partial charge in [-0.05, 0) is 25.0 Å². The van der Waals surface area contributed by atoms with E-state index in [1.807, 2.05) is 0 Å². The number of carbonyl (C=O) groups excluding carboxylic acids is 2. The van der Waals surface area contributed by atoms with Crippen LogP contribution < -0.4 is 0 Å². The van der Waals surface area contributed by atoms with Crippen molar-refractivity contribution in [2.45, 2.75) is 25.7 Å². The molecule has 2 amide bonds. The molecule has 2 aliphatic rings. The minimum absolute atomic E-state index is 0.0499. The van der Waals surface area contributed by atoms with Crippen molar-refractivity contribution >= 4 is 23.4 Å². The second-order valence-electron chi connectivity index (χ2n) is 6.35. The average molecular weight is 357 g/mol. The molecule has 1 aromatic rings. The third kappa shape index (κ3) is 3.38. The topological polar surface area (TPSA) is 40.6 Å². The normalized spacial score (nSPS) is 19.0. The molecule has 0 N–H and O–H groups in total. The van der Waals surface area contributed by atoms with Crippen LogP contribution in [0.1, 0.15) is 36.0 Å². The first-order valence-electron chi connectivity index (χ1n) is 8.20. The van der Waals surface area contributed by atoms with Gasteiger partial charge in [-0.2, -0.15) is 0 Å². The van der Waals surface area contributed by atoms with Crippen LogP contribution in [0.5, 0.6) is 0 Å². The van der Waals surface area contributed by atoms with E-state index in [0.29, 0.717) is 26.2 Å². The minimum Gasteiger partial charge on any atom is -0.339 e. The van der Waals surface area contributed by atoms with E-state index in [0.717, 1.165) is 37.8 Å². The van der Waals surface area contributed by atoms with E-state index in [1.165, 1.54) is 4.90 Å². The van der Waals surface area contributed by atoms with Crippen LogP contribution in [0.15, 0.2) is 12.1 Å². The molecule has 4 nitrogen and oxygen atoms in total. The number of carbonyl (C=O) groups is 2. The van der Waals surface area contributed by atoms with Crippen LogP contribution in [0.2, 0.25) is 5.02 Å². The number of hydrogen-bond acceptors (Lipinski definition) is 2. The van der Waals surface area contributed by atoms with Gasteiger partial charge in [-0.3, -0.25) is 9.59 Å². The summed E-state index contributed by atoms with van der Waals surface area (Å²) in [5.74, 6) is -2.33. The van der Waals surface area contributed by atoms with Crippen LogP contribution in [0.4, 0.5) is 8.78 Å². The summed E-state index contributed by atoms with van der Waals surface area (Å²) in [5.41, 5.74) is -0.0499. The monoisotopic (exact) mass is 356 g/mol. The molecule has 0 aromatic heterocycles. The van der Waals surface area contributed by atoms with Crippen molar-refractivity contribution in [1.29, 1.82) is 0 Å². The van der Waals surface area contributed by atoms with Gasteiger partial charge in [-0.1, -0.05) is 24.4 Å². The molecule has 1 saturated heterocycles. The zero-order valence-electron chi connectivity index (χ0n) is 13.2. The van der Waals surface area contributed by atoms with Crippen LogP contribution in [0, 0.1) is 17.6 Å². The number of nitrogens with zero attached hydrogens (tertiary/aromatic N) is 2. The number of piperazine rings is 1. The van der Waals surface area contributed by atoms with E-state index < -0.39 is 17.5 Å². The summed E-state index contributed by atoms with van der Waals surface area (Å²) >= 11 is 5.86. The average Bonchev–Trinajstić information content (AvgIpc) is 3.11. The molecule has 7 heteroatoms. The molecule has 1 saturated carbocycles. The summed E-state index contributed by atoms with van der Waals surface area (Å²) in [5, 5.41) is -0.108. The maximum absolute atomic E-state index is 13.4. The fraction of sp³-hybridized carbons (Fsp3) is 0.529. The largest absolute Gasteiger partial charge is 0.339 e. The van der Waals surface area contributed by atoms with Gasteiger partial charge in [-0.25, -0.2) is 8.78 Å². The summed E-state index contributed by atoms with van der Waals surface area (Å²) in [7, 11) is 0. The summed E-state index contributed by atoms with van der Waals surface area (Å²) < 4.78 is 26.5. The van der Waals surface area contributed by atoms with Gasteiger partial charge in [0.1, 0.15) is 0 Å². The molecule has 0 radical (unpaired) electrons. The Morgan fingerprint density at radius 1 is 0.958 bits per heavy atom. The standard InChI is InChI=1S/C17H19ClF2N2O2/c18-13-10-15(20)14(19)9-12(13)17(24)22-7-5-21(6-8-22)16(23)11-3-1-2-4-11/h9-11H,1-8H2. The molecule has 0 unspecified atom stereocenters. The predicted octanol–water partition coefficient (Wildman–Crippen LogP) is 3.09. The second-order valence-corrected chi connectivity index (χ2v) is 6.75. The molecular weight excluding hydrogens is 338 g/mol. The van der Waals surface area contributed by atoms with E-state index in [2.05, 4.69) is 0 Å². The van der Waals surface area contributed by atoms with Gasteiger partial charge in [0.2, 0.25) is 5.91 Å². The highest BCUT2D eigenvalue weighted by Crippen LogP contribution is 2.27. The lowest BCUT2D eigenvalue weighted by molar-refractivity contribution is -0.136. The lowest BCUT2D eigenvalue weighted by Crippen LogP contribution is -2.51. The van der Waals surface area contributed by atoms with Crippen LogP contribution >= 0.6 is 11.6 Å². The second kappa shape index (κ2) is 7.05. The quantitative estimate of drug-likeness (QED) is 0.764. The fourth-order valence-corrected chi connectivity index (χ4v) is 3.65. The Bertz CT molecular complexity index is 654. The molecule has 2 fully saturated rings. The summed E-state index contributed by atoms with van der Waals surface area (Å²) in [4.78, 5) is 28.2. The number of benzene rings is 1. The van der Waals surface area contributed by atoms with E-state index in [-0.39, 0.29) is 22.4 Å². The zero-order chi connectivity index (χ0) is 17.3. The van der Waals surface area contributed by atoms with E-state index >= 15 is 0 Å². The van der Waals surface area contributed by atoms with Crippen molar-refractivity contribution < 1.29 is 18.4 Å². The number of hydrogen-bond donors (Lipinski definition) is 0. The lowest BCUT2D eigenvalue weighted by Gasteiger charge is -2.36. The van der Waals surface area contributed by atoms with E-state index in [1.54, 1.807) is 4.90 Å². The molecule has 1 aliphatic heterocycles. The van der Waals surface area contributed by atoms with Crippen molar-refractivity contribution in [3.63, 3.8) is 0 Å². The highest BCUT2D eigenvalue weighted by Gasteiger charge is 2.31. The molecule has 24 heavy (non-hydrogen) atoms. The molecule has 1 aliphatic carbocycles. The summed E-state index contributed by atoms with van der Waals surface area (Å²) in [6, 6.07) is 1.64. The van der Waals surface area contributed by atoms with Gasteiger partial charge in [0.15, 0.2) is 11.6 Å². The Morgan fingerprint density at radius 3 is 2.12 bits per heavy atom. The van der Waals surface area contributed by atoms with Crippen LogP contribution in [0.25, 0.3) is 0 Å². The number of rotatable bonds is 2. The minimum atomic E-state index is -1.10. The van der Waals surface area contributed by atoms with Gasteiger partial charge in [0.05, 0.1) is 10.6 Å². The van der Waals surface area contributed by atoms with Gasteiger partial charge >= 0.3 is 0 Å². The van der Waals surface area contributed by atoms with Crippen LogP contribution in [-0.4, -0.2) is 47.8 Å². The number of amides is 2. The molecule has 0 bridgehead atoms. The molecule has 0 spiro atoms. The van der Waals surface area contributed by atoms with E-state index in [9.17, 15) is 18.4 Å². The van der Waals surface area contributed by atoms with Crippen LogP contribution in [-0.2, 0) is 4.79 Å². The summed E-state index contributed by atoms with van der Waals surface area (Å²) in [6.07, 6.45) is 4.10. The van der Waals surface area contributed by atoms with Crippen LogP contribution in [0.3, 0.4) is 0 Å². The Balaban J connectivity index is 1.63. The lowest BCUT2D eigenvalue weighted by atomic mass is 10.1. The van der Waals surface area contributed by atoms with Gasteiger partial charge in [0, 0.05) is 32.1 Å². The van der Waals surface area contributed by atoms with Gasteiger partial charge < -0.3 is 9.80 Å². The smallest absolute Gasteiger partial charge is 0.255 e. The maximum Gasteiger partial charge on any atom is 0.255 e. The molecule has 130 valence electrons. The molecule has 1 aromatic carbocycles. The van der Waals surface area contributed by atoms with Crippen molar-refractivity contribution in [3.05, 3.63) is 34.4 Å². The Labute approximate surface area is 144 Å². The Morgan fingerprint density at radius 2 is 1.50 bits per heavy atom. The predicted molar refractivity (Wildman–Crippen MR) is 85.8 cm³/mol. The first-order valence-corrected chi connectivity index (χ1v) is 8.58. The zero-order valence-corrected chi connectivity index (χ0v) is 14.0. The molecule has 1 heterocycles. The van der Waals surface area contributed by atoms with Crippen molar-refractivity contribution in [3.8, 4) is 0 Å². The van der Waals surface area contributed by atoms with Crippen molar-refractivity contribution in [1.82, 2.24) is 9.80 Å².